The Morgan fingerprint density at radius 2 is 1.83 bits per heavy atom. The van der Waals surface area contributed by atoms with E-state index in [1.165, 1.54) is 12.1 Å². The van der Waals surface area contributed by atoms with Crippen molar-refractivity contribution in [3.8, 4) is 11.6 Å². The molecule has 0 saturated heterocycles. The molecule has 24 heavy (non-hydrogen) atoms. The van der Waals surface area contributed by atoms with Gasteiger partial charge in [0, 0.05) is 11.6 Å². The molecule has 124 valence electrons. The summed E-state index contributed by atoms with van der Waals surface area (Å²) in [6.45, 7) is 1.97. The smallest absolute Gasteiger partial charge is 0.263 e. The fourth-order valence-corrected chi connectivity index (χ4v) is 2.25. The number of aryl methyl sites for hydroxylation is 1. The molecule has 2 heterocycles. The lowest BCUT2D eigenvalue weighted by Crippen LogP contribution is -2.07. The lowest BCUT2D eigenvalue weighted by molar-refractivity contribution is 0.151. The van der Waals surface area contributed by atoms with Crippen LogP contribution in [0.3, 0.4) is 0 Å². The standard InChI is InChI=1S/C15H12BrF2N5O/c1-9-12(8-24-14-7-6-13(16)20-21-14)23(22-19-9)11-4-2-10(3-5-11)15(17)18/h2-7,15H,8H2,1H3. The summed E-state index contributed by atoms with van der Waals surface area (Å²) in [5.41, 5.74) is 1.96. The van der Waals surface area contributed by atoms with Crippen LogP contribution in [0.25, 0.3) is 5.69 Å². The maximum atomic E-state index is 12.7. The van der Waals surface area contributed by atoms with Crippen LogP contribution in [-0.2, 0) is 6.61 Å². The van der Waals surface area contributed by atoms with Gasteiger partial charge in [-0.2, -0.15) is 0 Å². The molecule has 0 unspecified atom stereocenters. The molecular weight excluding hydrogens is 384 g/mol. The summed E-state index contributed by atoms with van der Waals surface area (Å²) in [5, 5.41) is 15.8. The second-order valence-electron chi connectivity index (χ2n) is 4.91. The minimum absolute atomic E-state index is 0.0430. The van der Waals surface area contributed by atoms with Crippen molar-refractivity contribution in [3.63, 3.8) is 0 Å². The van der Waals surface area contributed by atoms with Gasteiger partial charge in [-0.15, -0.1) is 15.3 Å². The predicted octanol–water partition coefficient (Wildman–Crippen LogP) is 3.64. The third-order valence-corrected chi connectivity index (χ3v) is 3.73. The quantitative estimate of drug-likeness (QED) is 0.659. The molecule has 1 aromatic carbocycles. The number of aromatic nitrogens is 5. The maximum absolute atomic E-state index is 12.7. The molecule has 3 rings (SSSR count). The summed E-state index contributed by atoms with van der Waals surface area (Å²) < 4.78 is 33.1. The van der Waals surface area contributed by atoms with Crippen LogP contribution >= 0.6 is 15.9 Å². The molecule has 0 spiro atoms. The topological polar surface area (TPSA) is 65.7 Å². The van der Waals surface area contributed by atoms with E-state index in [4.69, 9.17) is 4.74 Å². The molecule has 0 aliphatic carbocycles. The lowest BCUT2D eigenvalue weighted by Gasteiger charge is -2.09. The van der Waals surface area contributed by atoms with E-state index in [2.05, 4.69) is 36.4 Å². The molecule has 3 aromatic rings. The van der Waals surface area contributed by atoms with Crippen molar-refractivity contribution >= 4 is 15.9 Å². The van der Waals surface area contributed by atoms with Crippen molar-refractivity contribution in [2.45, 2.75) is 20.0 Å². The minimum atomic E-state index is -2.50. The van der Waals surface area contributed by atoms with Gasteiger partial charge in [0.1, 0.15) is 16.9 Å². The van der Waals surface area contributed by atoms with Crippen LogP contribution in [0.2, 0.25) is 0 Å². The van der Waals surface area contributed by atoms with E-state index in [-0.39, 0.29) is 12.2 Å². The normalized spacial score (nSPS) is 11.0. The summed E-state index contributed by atoms with van der Waals surface area (Å²) in [6, 6.07) is 9.26. The van der Waals surface area contributed by atoms with Crippen molar-refractivity contribution in [1.29, 1.82) is 0 Å². The zero-order valence-corrected chi connectivity index (χ0v) is 14.1. The first-order chi connectivity index (χ1) is 11.5. The highest BCUT2D eigenvalue weighted by Crippen LogP contribution is 2.21. The van der Waals surface area contributed by atoms with Crippen LogP contribution in [0, 0.1) is 6.92 Å². The van der Waals surface area contributed by atoms with Gasteiger partial charge in [0.2, 0.25) is 5.88 Å². The number of hydrogen-bond acceptors (Lipinski definition) is 5. The van der Waals surface area contributed by atoms with Crippen LogP contribution in [0.15, 0.2) is 41.0 Å². The summed E-state index contributed by atoms with van der Waals surface area (Å²) >= 11 is 3.20. The molecular formula is C15H12BrF2N5O. The monoisotopic (exact) mass is 395 g/mol. The maximum Gasteiger partial charge on any atom is 0.263 e. The fraction of sp³-hybridized carbons (Fsp3) is 0.200. The van der Waals surface area contributed by atoms with Gasteiger partial charge in [-0.3, -0.25) is 0 Å². The average Bonchev–Trinajstić information content (AvgIpc) is 2.95. The lowest BCUT2D eigenvalue weighted by atomic mass is 10.2. The molecule has 0 atom stereocenters. The highest BCUT2D eigenvalue weighted by atomic mass is 79.9. The van der Waals surface area contributed by atoms with Crippen molar-refractivity contribution in [1.82, 2.24) is 25.2 Å². The molecule has 9 heteroatoms. The van der Waals surface area contributed by atoms with E-state index in [1.807, 2.05) is 0 Å². The minimum Gasteiger partial charge on any atom is -0.470 e. The SMILES string of the molecule is Cc1nnn(-c2ccc(C(F)F)cc2)c1COc1ccc(Br)nn1. The zero-order chi connectivity index (χ0) is 17.1. The van der Waals surface area contributed by atoms with Gasteiger partial charge in [-0.05, 0) is 41.1 Å². The first-order valence-electron chi connectivity index (χ1n) is 6.96. The van der Waals surface area contributed by atoms with Crippen LogP contribution in [0.1, 0.15) is 23.4 Å². The van der Waals surface area contributed by atoms with Crippen LogP contribution < -0.4 is 4.74 Å². The summed E-state index contributed by atoms with van der Waals surface area (Å²) in [5.74, 6) is 0.360. The number of rotatable bonds is 5. The summed E-state index contributed by atoms with van der Waals surface area (Å²) in [7, 11) is 0. The summed E-state index contributed by atoms with van der Waals surface area (Å²) in [4.78, 5) is 0. The number of halogens is 3. The van der Waals surface area contributed by atoms with Gasteiger partial charge in [-0.1, -0.05) is 17.3 Å². The zero-order valence-electron chi connectivity index (χ0n) is 12.5. The first-order valence-corrected chi connectivity index (χ1v) is 7.75. The first kappa shape index (κ1) is 16.4. The molecule has 2 aromatic heterocycles. The Balaban J connectivity index is 1.81. The Morgan fingerprint density at radius 1 is 1.08 bits per heavy atom. The molecule has 0 bridgehead atoms. The Morgan fingerprint density at radius 3 is 2.46 bits per heavy atom. The number of ether oxygens (including phenoxy) is 1. The van der Waals surface area contributed by atoms with Crippen LogP contribution in [0.4, 0.5) is 8.78 Å². The number of alkyl halides is 2. The molecule has 0 aliphatic heterocycles. The summed E-state index contributed by atoms with van der Waals surface area (Å²) in [6.07, 6.45) is -2.50. The highest BCUT2D eigenvalue weighted by Gasteiger charge is 2.13. The van der Waals surface area contributed by atoms with Gasteiger partial charge in [-0.25, -0.2) is 13.5 Å². The number of hydrogen-bond donors (Lipinski definition) is 0. The molecule has 0 saturated carbocycles. The van der Waals surface area contributed by atoms with E-state index in [0.717, 1.165) is 0 Å². The Hall–Kier alpha value is -2.42. The van der Waals surface area contributed by atoms with Crippen molar-refractivity contribution in [2.75, 3.05) is 0 Å². The van der Waals surface area contributed by atoms with E-state index >= 15 is 0 Å². The van der Waals surface area contributed by atoms with E-state index in [1.54, 1.807) is 35.9 Å². The molecule has 0 aliphatic rings. The van der Waals surface area contributed by atoms with Crippen LogP contribution in [0.5, 0.6) is 5.88 Å². The average molecular weight is 396 g/mol. The number of benzene rings is 1. The molecule has 0 radical (unpaired) electrons. The van der Waals surface area contributed by atoms with Crippen molar-refractivity contribution < 1.29 is 13.5 Å². The van der Waals surface area contributed by atoms with E-state index in [0.29, 0.717) is 27.6 Å². The van der Waals surface area contributed by atoms with Gasteiger partial charge in [0.05, 0.1) is 11.4 Å². The highest BCUT2D eigenvalue weighted by molar-refractivity contribution is 9.10. The van der Waals surface area contributed by atoms with Gasteiger partial charge in [0.15, 0.2) is 0 Å². The Labute approximate surface area is 144 Å². The molecule has 0 N–H and O–H groups in total. The van der Waals surface area contributed by atoms with Crippen LogP contribution in [-0.4, -0.2) is 25.2 Å². The fourth-order valence-electron chi connectivity index (χ4n) is 2.03. The Kier molecular flexibility index (Phi) is 4.79. The van der Waals surface area contributed by atoms with Gasteiger partial charge < -0.3 is 4.74 Å². The van der Waals surface area contributed by atoms with E-state index < -0.39 is 6.43 Å². The second-order valence-corrected chi connectivity index (χ2v) is 5.72. The molecule has 0 amide bonds. The van der Waals surface area contributed by atoms with Gasteiger partial charge in [0.25, 0.3) is 6.43 Å². The third-order valence-electron chi connectivity index (χ3n) is 3.31. The van der Waals surface area contributed by atoms with E-state index in [9.17, 15) is 8.78 Å². The Bertz CT molecular complexity index is 821. The predicted molar refractivity (Wildman–Crippen MR) is 85.1 cm³/mol. The largest absolute Gasteiger partial charge is 0.470 e. The molecule has 0 fully saturated rings. The van der Waals surface area contributed by atoms with Gasteiger partial charge >= 0.3 is 0 Å². The van der Waals surface area contributed by atoms with Crippen molar-refractivity contribution in [3.05, 3.63) is 58.0 Å². The second kappa shape index (κ2) is 7.00. The third kappa shape index (κ3) is 3.56. The molecule has 6 nitrogen and oxygen atoms in total. The number of nitrogens with zero attached hydrogens (tertiary/aromatic N) is 5. The van der Waals surface area contributed by atoms with Crippen molar-refractivity contribution in [2.24, 2.45) is 0 Å².